The molecule has 0 atom stereocenters. The van der Waals surface area contributed by atoms with Crippen LogP contribution in [0.4, 0.5) is 14.9 Å². The molecule has 0 radical (unpaired) electrons. The molecule has 3 aromatic rings. The zero-order valence-electron chi connectivity index (χ0n) is 24.1. The van der Waals surface area contributed by atoms with Crippen LogP contribution in [0.2, 0.25) is 5.28 Å². The number of hydrogen-bond donors (Lipinski definition) is 1. The van der Waals surface area contributed by atoms with Crippen molar-refractivity contribution in [3.8, 4) is 21.8 Å². The van der Waals surface area contributed by atoms with Gasteiger partial charge >= 0.3 is 6.09 Å². The fraction of sp³-hybridized carbons (Fsp3) is 0.517. The highest BCUT2D eigenvalue weighted by Crippen LogP contribution is 2.50. The molecule has 5 rings (SSSR count). The first kappa shape index (κ1) is 30.6. The number of benzene rings is 1. The number of ether oxygens (including phenoxy) is 1. The van der Waals surface area contributed by atoms with Gasteiger partial charge in [0, 0.05) is 36.2 Å². The number of amides is 1. The van der Waals surface area contributed by atoms with Crippen LogP contribution in [0.3, 0.4) is 0 Å². The predicted molar refractivity (Wildman–Crippen MR) is 163 cm³/mol. The Morgan fingerprint density at radius 1 is 1.21 bits per heavy atom. The van der Waals surface area contributed by atoms with Gasteiger partial charge in [-0.15, -0.1) is 11.3 Å². The van der Waals surface area contributed by atoms with Crippen molar-refractivity contribution in [2.45, 2.75) is 71.3 Å². The van der Waals surface area contributed by atoms with Gasteiger partial charge in [0.05, 0.1) is 32.7 Å². The highest BCUT2D eigenvalue weighted by atomic mass is 35.5. The van der Waals surface area contributed by atoms with Crippen molar-refractivity contribution in [2.75, 3.05) is 23.6 Å². The summed E-state index contributed by atoms with van der Waals surface area (Å²) in [5.74, 6) is -0.647. The minimum atomic E-state index is -3.69. The minimum absolute atomic E-state index is 0.0640. The molecule has 1 amide bonds. The third kappa shape index (κ3) is 6.70. The van der Waals surface area contributed by atoms with Crippen molar-refractivity contribution < 1.29 is 22.3 Å². The van der Waals surface area contributed by atoms with Crippen molar-refractivity contribution in [2.24, 2.45) is 5.41 Å². The van der Waals surface area contributed by atoms with Gasteiger partial charge in [-0.3, -0.25) is 4.72 Å². The topological polar surface area (TPSA) is 114 Å². The number of carbonyl (C=O) groups is 1. The highest BCUT2D eigenvalue weighted by Gasteiger charge is 2.48. The number of thiazole rings is 1. The molecular weight excluding hydrogens is 601 g/mol. The number of aromatic nitrogens is 3. The summed E-state index contributed by atoms with van der Waals surface area (Å²) in [4.78, 5) is 28.1. The average Bonchev–Trinajstić information content (AvgIpc) is 3.33. The lowest BCUT2D eigenvalue weighted by atomic mass is 9.66. The first-order valence-corrected chi connectivity index (χ1v) is 16.9. The van der Waals surface area contributed by atoms with E-state index in [0.29, 0.717) is 35.8 Å². The van der Waals surface area contributed by atoms with Crippen LogP contribution in [-0.4, -0.2) is 58.8 Å². The van der Waals surface area contributed by atoms with Gasteiger partial charge in [0.15, 0.2) is 5.82 Å². The molecule has 9 nitrogen and oxygen atoms in total. The highest BCUT2D eigenvalue weighted by molar-refractivity contribution is 7.92. The summed E-state index contributed by atoms with van der Waals surface area (Å²) in [6.07, 6.45) is 5.35. The molecule has 1 aromatic carbocycles. The Bertz CT molecular complexity index is 1570. The average molecular weight is 636 g/mol. The summed E-state index contributed by atoms with van der Waals surface area (Å²) >= 11 is 7.55. The Kier molecular flexibility index (Phi) is 8.52. The van der Waals surface area contributed by atoms with E-state index in [0.717, 1.165) is 30.7 Å². The number of sulfonamides is 1. The van der Waals surface area contributed by atoms with Gasteiger partial charge in [-0.1, -0.05) is 13.0 Å². The first-order valence-electron chi connectivity index (χ1n) is 14.0. The van der Waals surface area contributed by atoms with Gasteiger partial charge in [0.2, 0.25) is 15.3 Å². The van der Waals surface area contributed by atoms with Gasteiger partial charge in [-0.05, 0) is 82.7 Å². The molecule has 42 heavy (non-hydrogen) atoms. The quantitative estimate of drug-likeness (QED) is 0.275. The maximum atomic E-state index is 15.9. The number of likely N-dealkylation sites (tertiary alicyclic amines) is 1. The molecule has 2 fully saturated rings. The van der Waals surface area contributed by atoms with E-state index in [2.05, 4.69) is 14.7 Å². The van der Waals surface area contributed by atoms with Gasteiger partial charge in [-0.25, -0.2) is 32.6 Å². The van der Waals surface area contributed by atoms with Gasteiger partial charge < -0.3 is 9.64 Å². The normalized spacial score (nSPS) is 17.2. The Balaban J connectivity index is 1.40. The lowest BCUT2D eigenvalue weighted by molar-refractivity contribution is -0.0506. The summed E-state index contributed by atoms with van der Waals surface area (Å²) < 4.78 is 48.5. The molecule has 1 aliphatic carbocycles. The Morgan fingerprint density at radius 2 is 1.93 bits per heavy atom. The number of anilines is 1. The summed E-state index contributed by atoms with van der Waals surface area (Å²) in [6.45, 7) is 8.72. The third-order valence-corrected chi connectivity index (χ3v) is 10.5. The summed E-state index contributed by atoms with van der Waals surface area (Å²) in [6, 6.07) is 6.30. The largest absolute Gasteiger partial charge is 0.444 e. The molecule has 226 valence electrons. The second kappa shape index (κ2) is 11.7. The van der Waals surface area contributed by atoms with Crippen LogP contribution in [-0.2, 0) is 14.8 Å². The number of hydrogen-bond acceptors (Lipinski definition) is 8. The number of rotatable bonds is 7. The van der Waals surface area contributed by atoms with E-state index in [1.807, 2.05) is 20.8 Å². The molecule has 1 spiro atoms. The van der Waals surface area contributed by atoms with Crippen LogP contribution in [0.1, 0.15) is 70.7 Å². The molecule has 2 aliphatic rings. The second-order valence-corrected chi connectivity index (χ2v) is 15.4. The number of nitrogens with one attached hydrogen (secondary N) is 1. The van der Waals surface area contributed by atoms with E-state index in [-0.39, 0.29) is 39.7 Å². The lowest BCUT2D eigenvalue weighted by Crippen LogP contribution is -2.60. The zero-order chi connectivity index (χ0) is 30.3. The zero-order valence-corrected chi connectivity index (χ0v) is 26.5. The minimum Gasteiger partial charge on any atom is -0.444 e. The van der Waals surface area contributed by atoms with E-state index in [1.165, 1.54) is 23.6 Å². The number of nitrogens with zero attached hydrogens (tertiary/aromatic N) is 4. The van der Waals surface area contributed by atoms with Crippen molar-refractivity contribution in [1.29, 1.82) is 0 Å². The molecule has 3 heterocycles. The maximum absolute atomic E-state index is 15.9. The van der Waals surface area contributed by atoms with Crippen LogP contribution in [0.15, 0.2) is 30.5 Å². The van der Waals surface area contributed by atoms with E-state index >= 15 is 4.39 Å². The van der Waals surface area contributed by atoms with E-state index in [4.69, 9.17) is 21.3 Å². The van der Waals surface area contributed by atoms with Crippen LogP contribution < -0.4 is 4.72 Å². The molecular formula is C29H35ClFN5O4S2. The monoisotopic (exact) mass is 635 g/mol. The molecule has 2 aromatic heterocycles. The molecule has 0 unspecified atom stereocenters. The Morgan fingerprint density at radius 3 is 2.57 bits per heavy atom. The number of halogens is 2. The van der Waals surface area contributed by atoms with Gasteiger partial charge in [0.1, 0.15) is 5.60 Å². The van der Waals surface area contributed by atoms with Crippen molar-refractivity contribution in [3.63, 3.8) is 0 Å². The maximum Gasteiger partial charge on any atom is 0.410 e. The fourth-order valence-electron chi connectivity index (χ4n) is 5.62. The standard InChI is InChI=1S/C29H35ClFN5O4S2/c1-5-15-42(38,39)35-20-8-6-7-19(22(20)31)23-24(21-11-14-32-26(30)33-21)41-25(34-23)18-9-12-29(13-10-18)16-36(17-29)27(37)40-28(2,3)4/h6-8,11,14,18,35H,5,9-10,12-13,15-17H2,1-4H3. The molecule has 1 aliphatic heterocycles. The molecule has 1 N–H and O–H groups in total. The SMILES string of the molecule is CCCS(=O)(=O)Nc1cccc(-c2nc(C3CCC4(CC3)CN(C(=O)OC(C)(C)C)C4)sc2-c2ccnc(Cl)n2)c1F. The Labute approximate surface area is 254 Å². The first-order chi connectivity index (χ1) is 19.8. The Hall–Kier alpha value is -2.83. The van der Waals surface area contributed by atoms with Crippen molar-refractivity contribution >= 4 is 44.7 Å². The van der Waals surface area contributed by atoms with E-state index in [1.54, 1.807) is 30.0 Å². The summed E-state index contributed by atoms with van der Waals surface area (Å²) in [5, 5.41) is 0.929. The smallest absolute Gasteiger partial charge is 0.410 e. The van der Waals surface area contributed by atoms with Crippen LogP contribution >= 0.6 is 22.9 Å². The predicted octanol–water partition coefficient (Wildman–Crippen LogP) is 7.11. The number of carbonyl (C=O) groups excluding carboxylic acids is 1. The van der Waals surface area contributed by atoms with Gasteiger partial charge in [-0.2, -0.15) is 0 Å². The third-order valence-electron chi connectivity index (χ3n) is 7.59. The van der Waals surface area contributed by atoms with Crippen LogP contribution in [0.5, 0.6) is 0 Å². The van der Waals surface area contributed by atoms with E-state index < -0.39 is 21.4 Å². The molecule has 1 saturated heterocycles. The van der Waals surface area contributed by atoms with Gasteiger partial charge in [0.25, 0.3) is 0 Å². The summed E-state index contributed by atoms with van der Waals surface area (Å²) in [7, 11) is -3.69. The van der Waals surface area contributed by atoms with Crippen molar-refractivity contribution in [3.05, 3.63) is 46.6 Å². The van der Waals surface area contributed by atoms with E-state index in [9.17, 15) is 13.2 Å². The van der Waals surface area contributed by atoms with Crippen molar-refractivity contribution in [1.82, 2.24) is 19.9 Å². The van der Waals surface area contributed by atoms with Crippen LogP contribution in [0, 0.1) is 11.2 Å². The molecule has 0 bridgehead atoms. The molecule has 13 heteroatoms. The lowest BCUT2D eigenvalue weighted by Gasteiger charge is -2.53. The molecule has 1 saturated carbocycles. The second-order valence-electron chi connectivity index (χ2n) is 12.1. The fourth-order valence-corrected chi connectivity index (χ4v) is 8.12. The van der Waals surface area contributed by atoms with Crippen LogP contribution in [0.25, 0.3) is 21.8 Å². The summed E-state index contributed by atoms with van der Waals surface area (Å²) in [5.41, 5.74) is 0.527.